The quantitative estimate of drug-likeness (QED) is 0.767. The molecule has 0 fully saturated rings. The average Bonchev–Trinajstić information content (AvgIpc) is 2.49. The summed E-state index contributed by atoms with van der Waals surface area (Å²) in [5.41, 5.74) is 4.02. The molecule has 1 heteroatoms. The Balaban J connectivity index is 2.02. The molecule has 2 aromatic rings. The Morgan fingerprint density at radius 1 is 0.900 bits per heavy atom. The van der Waals surface area contributed by atoms with E-state index in [1.807, 2.05) is 0 Å². The van der Waals surface area contributed by atoms with Crippen LogP contribution in [0.5, 0.6) is 0 Å². The Morgan fingerprint density at radius 3 is 2.10 bits per heavy atom. The van der Waals surface area contributed by atoms with E-state index in [2.05, 4.69) is 80.7 Å². The van der Waals surface area contributed by atoms with Crippen LogP contribution in [0, 0.1) is 5.92 Å². The van der Waals surface area contributed by atoms with E-state index in [1.54, 1.807) is 0 Å². The summed E-state index contributed by atoms with van der Waals surface area (Å²) < 4.78 is 0. The summed E-state index contributed by atoms with van der Waals surface area (Å²) in [5.74, 6) is 1.17. The van der Waals surface area contributed by atoms with Gasteiger partial charge in [0, 0.05) is 18.2 Å². The smallest absolute Gasteiger partial charge is 0.0340 e. The van der Waals surface area contributed by atoms with Crippen LogP contribution in [0.3, 0.4) is 0 Å². The van der Waals surface area contributed by atoms with E-state index in [4.69, 9.17) is 0 Å². The Morgan fingerprint density at radius 2 is 1.55 bits per heavy atom. The molecule has 1 atom stereocenters. The number of benzene rings is 2. The zero-order chi connectivity index (χ0) is 14.4. The Bertz CT molecular complexity index is 499. The van der Waals surface area contributed by atoms with Gasteiger partial charge in [-0.3, -0.25) is 0 Å². The predicted octanol–water partition coefficient (Wildman–Crippen LogP) is 5.10. The second-order valence-electron chi connectivity index (χ2n) is 5.69. The number of nitrogens with one attached hydrogen (secondary N) is 1. The van der Waals surface area contributed by atoms with Crippen LogP contribution < -0.4 is 5.32 Å². The van der Waals surface area contributed by atoms with Crippen LogP contribution in [-0.4, -0.2) is 6.54 Å². The standard InChI is InChI=1S/C19H25N/c1-4-16-10-12-18(13-11-16)20-14-19(15(2)3)17-8-6-5-7-9-17/h5-13,15,19-20H,4,14H2,1-3H3. The van der Waals surface area contributed by atoms with Gasteiger partial charge >= 0.3 is 0 Å². The van der Waals surface area contributed by atoms with Crippen molar-refractivity contribution in [2.24, 2.45) is 5.92 Å². The Kier molecular flexibility index (Phi) is 5.23. The first-order valence-electron chi connectivity index (χ1n) is 7.58. The van der Waals surface area contributed by atoms with Crippen molar-refractivity contribution in [1.29, 1.82) is 0 Å². The lowest BCUT2D eigenvalue weighted by molar-refractivity contribution is 0.517. The maximum absolute atomic E-state index is 3.58. The van der Waals surface area contributed by atoms with Crippen molar-refractivity contribution in [3.05, 3.63) is 65.7 Å². The molecule has 1 nitrogen and oxygen atoms in total. The third-order valence-corrected chi connectivity index (χ3v) is 3.92. The van der Waals surface area contributed by atoms with Gasteiger partial charge in [-0.1, -0.05) is 63.2 Å². The van der Waals surface area contributed by atoms with Crippen LogP contribution in [0.25, 0.3) is 0 Å². The summed E-state index contributed by atoms with van der Waals surface area (Å²) in [6, 6.07) is 19.6. The molecule has 0 aliphatic heterocycles. The van der Waals surface area contributed by atoms with Gasteiger partial charge < -0.3 is 5.32 Å². The molecule has 0 spiro atoms. The van der Waals surface area contributed by atoms with Crippen molar-refractivity contribution in [3.8, 4) is 0 Å². The molecule has 0 aliphatic carbocycles. The highest BCUT2D eigenvalue weighted by Crippen LogP contribution is 2.24. The second kappa shape index (κ2) is 7.14. The monoisotopic (exact) mass is 267 g/mol. The molecule has 20 heavy (non-hydrogen) atoms. The Hall–Kier alpha value is -1.76. The highest BCUT2D eigenvalue weighted by Gasteiger charge is 2.15. The minimum Gasteiger partial charge on any atom is -0.384 e. The maximum atomic E-state index is 3.58. The highest BCUT2D eigenvalue weighted by molar-refractivity contribution is 5.45. The van der Waals surface area contributed by atoms with Crippen LogP contribution in [0.1, 0.15) is 37.8 Å². The van der Waals surface area contributed by atoms with Crippen LogP contribution >= 0.6 is 0 Å². The summed E-state index contributed by atoms with van der Waals surface area (Å²) in [7, 11) is 0. The van der Waals surface area contributed by atoms with Gasteiger partial charge in [0.25, 0.3) is 0 Å². The summed E-state index contributed by atoms with van der Waals surface area (Å²) in [6.07, 6.45) is 1.10. The van der Waals surface area contributed by atoms with Crippen molar-refractivity contribution in [3.63, 3.8) is 0 Å². The SMILES string of the molecule is CCc1ccc(NCC(c2ccccc2)C(C)C)cc1. The molecule has 2 rings (SSSR count). The topological polar surface area (TPSA) is 12.0 Å². The number of hydrogen-bond acceptors (Lipinski definition) is 1. The van der Waals surface area contributed by atoms with Crippen LogP contribution in [-0.2, 0) is 6.42 Å². The predicted molar refractivity (Wildman–Crippen MR) is 88.3 cm³/mol. The van der Waals surface area contributed by atoms with Gasteiger partial charge in [0.05, 0.1) is 0 Å². The zero-order valence-electron chi connectivity index (χ0n) is 12.8. The number of aryl methyl sites for hydroxylation is 1. The molecule has 0 aliphatic rings. The molecule has 0 aromatic heterocycles. The van der Waals surface area contributed by atoms with Crippen LogP contribution in [0.15, 0.2) is 54.6 Å². The van der Waals surface area contributed by atoms with Gasteiger partial charge in [-0.05, 0) is 35.6 Å². The van der Waals surface area contributed by atoms with Gasteiger partial charge in [-0.15, -0.1) is 0 Å². The summed E-state index contributed by atoms with van der Waals surface area (Å²) >= 11 is 0. The first-order chi connectivity index (χ1) is 9.70. The number of hydrogen-bond donors (Lipinski definition) is 1. The van der Waals surface area contributed by atoms with E-state index >= 15 is 0 Å². The summed E-state index contributed by atoms with van der Waals surface area (Å²) in [5, 5.41) is 3.58. The molecule has 106 valence electrons. The van der Waals surface area contributed by atoms with Crippen molar-refractivity contribution < 1.29 is 0 Å². The molecule has 2 aromatic carbocycles. The number of anilines is 1. The van der Waals surface area contributed by atoms with E-state index in [1.165, 1.54) is 16.8 Å². The van der Waals surface area contributed by atoms with E-state index < -0.39 is 0 Å². The second-order valence-corrected chi connectivity index (χ2v) is 5.69. The molecular formula is C19H25N. The average molecular weight is 267 g/mol. The third-order valence-electron chi connectivity index (χ3n) is 3.92. The lowest BCUT2D eigenvalue weighted by Crippen LogP contribution is -2.17. The van der Waals surface area contributed by atoms with Crippen molar-refractivity contribution in [1.82, 2.24) is 0 Å². The fourth-order valence-electron chi connectivity index (χ4n) is 2.52. The van der Waals surface area contributed by atoms with Crippen molar-refractivity contribution >= 4 is 5.69 Å². The van der Waals surface area contributed by atoms with E-state index in [-0.39, 0.29) is 0 Å². The summed E-state index contributed by atoms with van der Waals surface area (Å²) in [6.45, 7) is 7.75. The minimum absolute atomic E-state index is 0.544. The zero-order valence-corrected chi connectivity index (χ0v) is 12.8. The van der Waals surface area contributed by atoms with Crippen molar-refractivity contribution in [2.75, 3.05) is 11.9 Å². The molecule has 0 amide bonds. The molecule has 1 N–H and O–H groups in total. The molecule has 1 unspecified atom stereocenters. The van der Waals surface area contributed by atoms with Gasteiger partial charge in [0.15, 0.2) is 0 Å². The maximum Gasteiger partial charge on any atom is 0.0340 e. The van der Waals surface area contributed by atoms with Gasteiger partial charge in [0.1, 0.15) is 0 Å². The molecule has 0 saturated heterocycles. The third kappa shape index (κ3) is 3.86. The lowest BCUT2D eigenvalue weighted by Gasteiger charge is -2.22. The first-order valence-corrected chi connectivity index (χ1v) is 7.58. The van der Waals surface area contributed by atoms with Crippen molar-refractivity contribution in [2.45, 2.75) is 33.1 Å². The van der Waals surface area contributed by atoms with Crippen LogP contribution in [0.2, 0.25) is 0 Å². The minimum atomic E-state index is 0.544. The molecule has 0 radical (unpaired) electrons. The fourth-order valence-corrected chi connectivity index (χ4v) is 2.52. The molecular weight excluding hydrogens is 242 g/mol. The summed E-state index contributed by atoms with van der Waals surface area (Å²) in [4.78, 5) is 0. The molecule has 0 bridgehead atoms. The highest BCUT2D eigenvalue weighted by atomic mass is 14.9. The van der Waals surface area contributed by atoms with Gasteiger partial charge in [-0.25, -0.2) is 0 Å². The molecule has 0 saturated carbocycles. The number of rotatable bonds is 6. The van der Waals surface area contributed by atoms with Crippen LogP contribution in [0.4, 0.5) is 5.69 Å². The lowest BCUT2D eigenvalue weighted by atomic mass is 9.88. The van der Waals surface area contributed by atoms with Gasteiger partial charge in [-0.2, -0.15) is 0 Å². The Labute approximate surface area is 123 Å². The van der Waals surface area contributed by atoms with E-state index in [9.17, 15) is 0 Å². The molecule has 0 heterocycles. The van der Waals surface area contributed by atoms with E-state index in [0.29, 0.717) is 11.8 Å². The normalized spacial score (nSPS) is 12.4. The van der Waals surface area contributed by atoms with Gasteiger partial charge in [0.2, 0.25) is 0 Å². The fraction of sp³-hybridized carbons (Fsp3) is 0.368. The largest absolute Gasteiger partial charge is 0.384 e. The van der Waals surface area contributed by atoms with E-state index in [0.717, 1.165) is 13.0 Å². The first kappa shape index (κ1) is 14.6.